The van der Waals surface area contributed by atoms with Crippen LogP contribution in [0.4, 0.5) is 79.0 Å². The van der Waals surface area contributed by atoms with Gasteiger partial charge in [0.2, 0.25) is 18.3 Å². The van der Waals surface area contributed by atoms with E-state index in [1.807, 2.05) is 0 Å². The molecule has 0 spiro atoms. The molecule has 1 N–H and O–H groups in total. The van der Waals surface area contributed by atoms with Crippen LogP contribution in [-0.4, -0.2) is 64.3 Å². The Bertz CT molecular complexity index is 845. The predicted molar refractivity (Wildman–Crippen MR) is 95.0 cm³/mol. The van der Waals surface area contributed by atoms with Gasteiger partial charge in [0.05, 0.1) is 0 Å². The van der Waals surface area contributed by atoms with Crippen molar-refractivity contribution in [1.82, 2.24) is 4.98 Å². The summed E-state index contributed by atoms with van der Waals surface area (Å²) in [6, 6.07) is 3.57. The molecule has 0 saturated heterocycles. The van der Waals surface area contributed by atoms with Crippen LogP contribution in [0.1, 0.15) is 5.56 Å². The first-order valence-electron chi connectivity index (χ1n) is 9.43. The fraction of sp³-hybridized carbons (Fsp3) is 0.625. The van der Waals surface area contributed by atoms with E-state index in [2.05, 4.69) is 13.3 Å². The van der Waals surface area contributed by atoms with Gasteiger partial charge in [-0.1, -0.05) is 29.8 Å². The molecule has 234 valence electrons. The highest BCUT2D eigenvalue weighted by Crippen LogP contribution is 2.44. The lowest BCUT2D eigenvalue weighted by Crippen LogP contribution is -2.70. The summed E-state index contributed by atoms with van der Waals surface area (Å²) in [4.78, 5) is 0.802. The van der Waals surface area contributed by atoms with Crippen molar-refractivity contribution in [2.24, 2.45) is 0 Å². The zero-order chi connectivity index (χ0) is 31.8. The van der Waals surface area contributed by atoms with Crippen molar-refractivity contribution in [3.05, 3.63) is 34.9 Å². The van der Waals surface area contributed by atoms with Crippen molar-refractivity contribution >= 4 is 20.6 Å². The van der Waals surface area contributed by atoms with Crippen LogP contribution in [0.3, 0.4) is 0 Å². The van der Waals surface area contributed by atoms with E-state index in [4.69, 9.17) is 11.6 Å². The molecule has 24 heteroatoms. The van der Waals surface area contributed by atoms with Gasteiger partial charge in [0.1, 0.15) is 0 Å². The predicted octanol–water partition coefficient (Wildman–Crippen LogP) is 7.39. The minimum Gasteiger partial charge on any atom is -0.340 e. The Morgan fingerprint density at radius 3 is 1.07 bits per heavy atom. The Morgan fingerprint density at radius 1 is 0.550 bits per heavy atom. The summed E-state index contributed by atoms with van der Waals surface area (Å²) in [6.45, 7) is -1.72. The largest absolute Gasteiger partial charge is 0.599 e. The summed E-state index contributed by atoms with van der Waals surface area (Å²) in [7, 11) is -7.98. The zero-order valence-electron chi connectivity index (χ0n) is 18.2. The van der Waals surface area contributed by atoms with Gasteiger partial charge in [-0.15, -0.1) is 0 Å². The third kappa shape index (κ3) is 10.3. The van der Waals surface area contributed by atoms with E-state index >= 15 is 0 Å². The second-order valence-corrected chi connectivity index (χ2v) is 9.82. The minimum absolute atomic E-state index is 0.618. The fourth-order valence-corrected chi connectivity index (χ4v) is 5.24. The van der Waals surface area contributed by atoms with E-state index in [1.54, 1.807) is 0 Å². The standard InChI is InChI=1S/C16H10ClF18NO3Si/c17-7-4-2-1-3-6(7)5-36-40(37-8(11(18,19)20)12(21,22)23,38-9(13(24,25)26)14(27,28)29)39-10(15(30,31)32)16(33,34)35/h1-4,8-10,36H,5H2. The maximum atomic E-state index is 13.1. The number of rotatable bonds is 9. The van der Waals surface area contributed by atoms with E-state index in [0.29, 0.717) is 0 Å². The highest BCUT2D eigenvalue weighted by molar-refractivity contribution is 6.58. The van der Waals surface area contributed by atoms with Crippen molar-refractivity contribution < 1.29 is 92.3 Å². The lowest BCUT2D eigenvalue weighted by molar-refractivity contribution is -0.344. The molecule has 0 saturated carbocycles. The molecular formula is C16H10ClF18NO3Si. The Kier molecular flexibility index (Phi) is 10.8. The van der Waals surface area contributed by atoms with Crippen LogP contribution in [0.2, 0.25) is 5.02 Å². The smallest absolute Gasteiger partial charge is 0.340 e. The molecule has 0 fully saturated rings. The van der Waals surface area contributed by atoms with Gasteiger partial charge in [-0.2, -0.15) is 79.0 Å². The fourth-order valence-electron chi connectivity index (χ4n) is 2.48. The number of alkyl halides is 18. The SMILES string of the molecule is FC(F)(F)C(O[Si](NCc1ccccc1Cl)(OC(C(F)(F)F)C(F)(F)F)OC(C(F)(F)F)C(F)(F)F)C(F)(F)F. The van der Waals surface area contributed by atoms with Gasteiger partial charge in [0, 0.05) is 11.6 Å². The first kappa shape index (κ1) is 36.3. The molecule has 0 heterocycles. The van der Waals surface area contributed by atoms with Crippen molar-refractivity contribution in [2.45, 2.75) is 61.9 Å². The quantitative estimate of drug-likeness (QED) is 0.220. The van der Waals surface area contributed by atoms with Gasteiger partial charge >= 0.3 is 46.0 Å². The van der Waals surface area contributed by atoms with E-state index in [9.17, 15) is 79.0 Å². The number of hydrogen-bond acceptors (Lipinski definition) is 4. The monoisotopic (exact) mass is 669 g/mol. The molecular weight excluding hydrogens is 660 g/mol. The molecule has 0 aliphatic heterocycles. The van der Waals surface area contributed by atoms with Crippen LogP contribution in [0.25, 0.3) is 0 Å². The molecule has 0 bridgehead atoms. The Balaban J connectivity index is 4.02. The Hall–Kier alpha value is -1.69. The lowest BCUT2D eigenvalue weighted by Gasteiger charge is -2.39. The Labute approximate surface area is 215 Å². The molecule has 1 rings (SSSR count). The molecule has 0 atom stereocenters. The topological polar surface area (TPSA) is 39.7 Å². The molecule has 0 unspecified atom stereocenters. The second-order valence-electron chi connectivity index (χ2n) is 7.24. The van der Waals surface area contributed by atoms with Gasteiger partial charge in [-0.25, -0.2) is 0 Å². The van der Waals surface area contributed by atoms with Gasteiger partial charge in [-0.05, 0) is 11.6 Å². The molecule has 0 radical (unpaired) electrons. The normalized spacial score (nSPS) is 15.1. The molecule has 40 heavy (non-hydrogen) atoms. The van der Waals surface area contributed by atoms with Gasteiger partial charge < -0.3 is 13.3 Å². The maximum Gasteiger partial charge on any atom is 0.599 e. The summed E-state index contributed by atoms with van der Waals surface area (Å²) >= 11 is 5.58. The molecule has 0 aliphatic carbocycles. The number of nitrogens with one attached hydrogen (secondary N) is 1. The van der Waals surface area contributed by atoms with Gasteiger partial charge in [0.25, 0.3) is 0 Å². The summed E-state index contributed by atoms with van der Waals surface area (Å²) in [5, 5.41) is -0.618. The van der Waals surface area contributed by atoms with Gasteiger partial charge in [-0.3, -0.25) is 4.98 Å². The molecule has 4 nitrogen and oxygen atoms in total. The maximum absolute atomic E-state index is 13.1. The zero-order valence-corrected chi connectivity index (χ0v) is 19.9. The van der Waals surface area contributed by atoms with Crippen molar-refractivity contribution in [3.8, 4) is 0 Å². The van der Waals surface area contributed by atoms with E-state index in [-0.39, 0.29) is 0 Å². The third-order valence-electron chi connectivity index (χ3n) is 4.06. The summed E-state index contributed by atoms with van der Waals surface area (Å²) in [5.41, 5.74) is -0.696. The van der Waals surface area contributed by atoms with Crippen LogP contribution in [-0.2, 0) is 19.8 Å². The molecule has 1 aromatic rings. The second kappa shape index (κ2) is 11.9. The summed E-state index contributed by atoms with van der Waals surface area (Å²) in [6.07, 6.45) is -58.3. The third-order valence-corrected chi connectivity index (χ3v) is 6.67. The highest BCUT2D eigenvalue weighted by Gasteiger charge is 2.71. The number of hydrogen-bond donors (Lipinski definition) is 1. The van der Waals surface area contributed by atoms with E-state index in [1.165, 1.54) is 0 Å². The van der Waals surface area contributed by atoms with Crippen molar-refractivity contribution in [2.75, 3.05) is 0 Å². The molecule has 0 amide bonds. The van der Waals surface area contributed by atoms with Crippen LogP contribution in [0.15, 0.2) is 24.3 Å². The van der Waals surface area contributed by atoms with E-state index in [0.717, 1.165) is 29.2 Å². The summed E-state index contributed by atoms with van der Waals surface area (Å²) in [5.74, 6) is 0. The lowest BCUT2D eigenvalue weighted by atomic mass is 10.2. The highest BCUT2D eigenvalue weighted by atomic mass is 35.5. The minimum atomic E-state index is -7.98. The van der Waals surface area contributed by atoms with Crippen LogP contribution in [0, 0.1) is 0 Å². The van der Waals surface area contributed by atoms with Crippen LogP contribution in [0.5, 0.6) is 0 Å². The molecule has 0 aromatic heterocycles. The summed E-state index contributed by atoms with van der Waals surface area (Å²) < 4.78 is 246. The average molecular weight is 670 g/mol. The first-order valence-corrected chi connectivity index (χ1v) is 11.5. The van der Waals surface area contributed by atoms with Crippen molar-refractivity contribution in [3.63, 3.8) is 0 Å². The molecule has 0 aliphatic rings. The van der Waals surface area contributed by atoms with Crippen LogP contribution >= 0.6 is 11.6 Å². The molecule has 1 aromatic carbocycles. The van der Waals surface area contributed by atoms with Gasteiger partial charge in [0.15, 0.2) is 0 Å². The van der Waals surface area contributed by atoms with Crippen molar-refractivity contribution in [1.29, 1.82) is 0 Å². The number of halogens is 19. The average Bonchev–Trinajstić information content (AvgIpc) is 2.68. The Morgan fingerprint density at radius 2 is 0.825 bits per heavy atom. The van der Waals surface area contributed by atoms with Crippen LogP contribution < -0.4 is 4.98 Å². The van der Waals surface area contributed by atoms with E-state index < -0.39 is 81.5 Å². The number of benzene rings is 1. The first-order chi connectivity index (χ1) is 17.5.